The van der Waals surface area contributed by atoms with Gasteiger partial charge in [0, 0.05) is 43.8 Å². The average molecular weight is 739 g/mol. The van der Waals surface area contributed by atoms with Crippen molar-refractivity contribution in [3.05, 3.63) is 136 Å². The number of alkyl halides is 2. The van der Waals surface area contributed by atoms with Gasteiger partial charge >= 0.3 is 5.97 Å². The minimum absolute atomic E-state index is 0.00161. The Balaban J connectivity index is 1.67. The normalized spacial score (nSPS) is 11.3. The van der Waals surface area contributed by atoms with Crippen LogP contribution in [0.2, 0.25) is 5.02 Å². The number of amides is 1. The highest BCUT2D eigenvalue weighted by Crippen LogP contribution is 2.46. The molecule has 6 rings (SSSR count). The summed E-state index contributed by atoms with van der Waals surface area (Å²) in [5, 5.41) is 31.6. The number of rotatable bonds is 9. The van der Waals surface area contributed by atoms with Crippen LogP contribution in [0, 0.1) is 28.5 Å². The molecule has 14 heteroatoms. The summed E-state index contributed by atoms with van der Waals surface area (Å²) < 4.78 is 72.1. The number of aliphatic carboxylic acids is 1. The maximum atomic E-state index is 15.1. The molecule has 0 saturated carbocycles. The van der Waals surface area contributed by atoms with E-state index in [9.17, 15) is 37.3 Å². The summed E-state index contributed by atoms with van der Waals surface area (Å²) in [4.78, 5) is 23.0. The Kier molecular flexibility index (Phi) is 9.59. The number of benzene rings is 5. The van der Waals surface area contributed by atoms with E-state index in [1.54, 1.807) is 24.3 Å². The predicted octanol–water partition coefficient (Wildman–Crippen LogP) is 8.17. The van der Waals surface area contributed by atoms with Gasteiger partial charge in [0.15, 0.2) is 0 Å². The van der Waals surface area contributed by atoms with Crippen LogP contribution in [0.5, 0.6) is 0 Å². The second-order valence-electron chi connectivity index (χ2n) is 11.3. The number of nitriles is 2. The van der Waals surface area contributed by atoms with Crippen molar-refractivity contribution in [3.63, 3.8) is 0 Å². The third kappa shape index (κ3) is 6.47. The van der Waals surface area contributed by atoms with Crippen molar-refractivity contribution in [3.8, 4) is 45.6 Å². The highest BCUT2D eigenvalue weighted by atomic mass is 35.5. The SMILES string of the molecule is N#Cc1cccc(C#N)c1-c1c(-c2cccc(-c3ccc(C(=O)NCC(=O)O)cc3Cl)c2)n(S(=O)(=O)c2ccc(C(F)F)cc2)c2ccc(F)cc12. The highest BCUT2D eigenvalue weighted by molar-refractivity contribution is 7.90. The number of carboxylic acids is 1. The molecule has 0 saturated heterocycles. The molecule has 0 aliphatic carbocycles. The third-order valence-electron chi connectivity index (χ3n) is 8.19. The Hall–Kier alpha value is -6.41. The van der Waals surface area contributed by atoms with Crippen molar-refractivity contribution in [2.24, 2.45) is 0 Å². The van der Waals surface area contributed by atoms with E-state index < -0.39 is 46.3 Å². The van der Waals surface area contributed by atoms with Crippen molar-refractivity contribution in [2.75, 3.05) is 6.54 Å². The number of hydrogen-bond donors (Lipinski definition) is 2. The molecule has 9 nitrogen and oxygen atoms in total. The minimum atomic E-state index is -4.67. The quantitative estimate of drug-likeness (QED) is 0.152. The topological polar surface area (TPSA) is 153 Å². The van der Waals surface area contributed by atoms with E-state index in [-0.39, 0.29) is 59.9 Å². The molecule has 0 spiro atoms. The number of carboxylic acid groups (broad SMARTS) is 1. The molecule has 5 aromatic carbocycles. The van der Waals surface area contributed by atoms with Gasteiger partial charge in [-0.05, 0) is 66.2 Å². The van der Waals surface area contributed by atoms with Crippen LogP contribution in [0.4, 0.5) is 13.2 Å². The molecule has 0 unspecified atom stereocenters. The Bertz CT molecular complexity index is 2600. The summed E-state index contributed by atoms with van der Waals surface area (Å²) in [6, 6.07) is 26.5. The molecule has 2 N–H and O–H groups in total. The minimum Gasteiger partial charge on any atom is -0.480 e. The first-order valence-electron chi connectivity index (χ1n) is 15.2. The fraction of sp³-hybridized carbons (Fsp3) is 0.0526. The number of halogens is 4. The maximum Gasteiger partial charge on any atom is 0.322 e. The molecule has 0 aliphatic rings. The average Bonchev–Trinajstić information content (AvgIpc) is 3.48. The lowest BCUT2D eigenvalue weighted by Gasteiger charge is -2.16. The molecule has 1 amide bonds. The van der Waals surface area contributed by atoms with Crippen molar-refractivity contribution in [2.45, 2.75) is 11.3 Å². The largest absolute Gasteiger partial charge is 0.480 e. The van der Waals surface area contributed by atoms with Crippen LogP contribution in [0.3, 0.4) is 0 Å². The summed E-state index contributed by atoms with van der Waals surface area (Å²) in [6.07, 6.45) is -2.86. The van der Waals surface area contributed by atoms with E-state index in [2.05, 4.69) is 5.32 Å². The molecule has 6 aromatic rings. The lowest BCUT2D eigenvalue weighted by Crippen LogP contribution is -2.29. The predicted molar refractivity (Wildman–Crippen MR) is 187 cm³/mol. The van der Waals surface area contributed by atoms with E-state index >= 15 is 4.39 Å². The molecular formula is C38H22ClF3N4O5S. The van der Waals surface area contributed by atoms with E-state index in [4.69, 9.17) is 16.7 Å². The van der Waals surface area contributed by atoms with Crippen molar-refractivity contribution in [1.29, 1.82) is 10.5 Å². The summed E-state index contributed by atoms with van der Waals surface area (Å²) in [5.74, 6) is -2.65. The summed E-state index contributed by atoms with van der Waals surface area (Å²) in [5.41, 5.74) is 0.708. The Labute approximate surface area is 299 Å². The van der Waals surface area contributed by atoms with Crippen LogP contribution in [0.25, 0.3) is 44.4 Å². The number of hydrogen-bond acceptors (Lipinski definition) is 6. The van der Waals surface area contributed by atoms with Crippen molar-refractivity contribution < 1.29 is 36.3 Å². The van der Waals surface area contributed by atoms with Crippen molar-refractivity contribution in [1.82, 2.24) is 9.29 Å². The number of carbonyl (C=O) groups excluding carboxylic acids is 1. The molecule has 1 heterocycles. The van der Waals surface area contributed by atoms with E-state index in [1.807, 2.05) is 12.1 Å². The molecular weight excluding hydrogens is 717 g/mol. The molecule has 0 radical (unpaired) electrons. The van der Waals surface area contributed by atoms with Gasteiger partial charge in [-0.1, -0.05) is 54.1 Å². The van der Waals surface area contributed by atoms with Gasteiger partial charge in [-0.2, -0.15) is 10.5 Å². The standard InChI is InChI=1S/C38H22ClF3N4O5S/c39-31-16-24(38(49)45-20-33(47)48)9-13-29(31)22-3-1-4-23(15-22)36-35(34-25(18-43)5-2-6-26(34)19-44)30-17-27(40)10-14-32(30)46(36)52(50,51)28-11-7-21(8-12-28)37(41)42/h1-17,37H,20H2,(H,45,49)(H,47,48). The Morgan fingerprint density at radius 1 is 0.846 bits per heavy atom. The van der Waals surface area contributed by atoms with E-state index in [0.29, 0.717) is 11.1 Å². The second-order valence-corrected chi connectivity index (χ2v) is 13.5. The van der Waals surface area contributed by atoms with Crippen LogP contribution >= 0.6 is 11.6 Å². The van der Waals surface area contributed by atoms with Gasteiger partial charge in [0.1, 0.15) is 12.4 Å². The smallest absolute Gasteiger partial charge is 0.322 e. The van der Waals surface area contributed by atoms with Gasteiger partial charge in [0.2, 0.25) is 0 Å². The van der Waals surface area contributed by atoms with Crippen LogP contribution in [0.15, 0.2) is 108 Å². The molecule has 0 atom stereocenters. The third-order valence-corrected chi connectivity index (χ3v) is 10.2. The Morgan fingerprint density at radius 3 is 2.12 bits per heavy atom. The van der Waals surface area contributed by atoms with Gasteiger partial charge in [-0.25, -0.2) is 25.6 Å². The molecule has 0 aliphatic heterocycles. The zero-order valence-corrected chi connectivity index (χ0v) is 28.0. The second kappa shape index (κ2) is 14.1. The molecule has 0 bridgehead atoms. The van der Waals surface area contributed by atoms with Gasteiger partial charge < -0.3 is 10.4 Å². The number of carbonyl (C=O) groups is 2. The van der Waals surface area contributed by atoms with E-state index in [0.717, 1.165) is 40.4 Å². The van der Waals surface area contributed by atoms with Gasteiger partial charge in [-0.15, -0.1) is 0 Å². The zero-order chi connectivity index (χ0) is 37.3. The Morgan fingerprint density at radius 2 is 1.50 bits per heavy atom. The van der Waals surface area contributed by atoms with Gasteiger partial charge in [0.05, 0.1) is 39.4 Å². The number of aromatic nitrogens is 1. The summed E-state index contributed by atoms with van der Waals surface area (Å²) in [7, 11) is -4.67. The van der Waals surface area contributed by atoms with E-state index in [1.165, 1.54) is 42.5 Å². The molecule has 0 fully saturated rings. The number of fused-ring (bicyclic) bond motifs is 1. The maximum absolute atomic E-state index is 15.1. The van der Waals surface area contributed by atoms with Gasteiger partial charge in [-0.3, -0.25) is 9.59 Å². The summed E-state index contributed by atoms with van der Waals surface area (Å²) in [6.45, 7) is -0.609. The van der Waals surface area contributed by atoms with Crippen LogP contribution in [-0.2, 0) is 14.8 Å². The molecule has 258 valence electrons. The van der Waals surface area contributed by atoms with Crippen LogP contribution in [0.1, 0.15) is 33.5 Å². The molecule has 1 aromatic heterocycles. The number of nitrogens with one attached hydrogen (secondary N) is 1. The highest BCUT2D eigenvalue weighted by Gasteiger charge is 2.31. The fourth-order valence-corrected chi connectivity index (χ4v) is 7.72. The first-order valence-corrected chi connectivity index (χ1v) is 17.0. The lowest BCUT2D eigenvalue weighted by molar-refractivity contribution is -0.135. The monoisotopic (exact) mass is 738 g/mol. The zero-order valence-electron chi connectivity index (χ0n) is 26.4. The fourth-order valence-electron chi connectivity index (χ4n) is 5.88. The summed E-state index contributed by atoms with van der Waals surface area (Å²) >= 11 is 6.61. The first kappa shape index (κ1) is 35.4. The lowest BCUT2D eigenvalue weighted by atomic mass is 9.90. The van der Waals surface area contributed by atoms with Crippen molar-refractivity contribution >= 4 is 44.4 Å². The van der Waals surface area contributed by atoms with Gasteiger partial charge in [0.25, 0.3) is 22.4 Å². The number of nitrogens with zero attached hydrogens (tertiary/aromatic N) is 3. The van der Waals surface area contributed by atoms with Crippen LogP contribution in [-0.4, -0.2) is 35.9 Å². The first-order chi connectivity index (χ1) is 24.8. The molecule has 52 heavy (non-hydrogen) atoms. The van der Waals surface area contributed by atoms with Crippen LogP contribution < -0.4 is 5.32 Å².